The van der Waals surface area contributed by atoms with Crippen molar-refractivity contribution in [2.75, 3.05) is 6.54 Å². The summed E-state index contributed by atoms with van der Waals surface area (Å²) in [6.45, 7) is 1.43. The van der Waals surface area contributed by atoms with E-state index in [0.717, 1.165) is 38.1 Å². The Kier molecular flexibility index (Phi) is 13.1. The Labute approximate surface area is 272 Å². The van der Waals surface area contributed by atoms with Gasteiger partial charge in [-0.2, -0.15) is 0 Å². The Morgan fingerprint density at radius 3 is 1.88 bits per heavy atom. The molecule has 0 bridgehead atoms. The standard InChI is InChI=1S/C23H24N16O10/c1-9(40)45-18-13(30-35-25)7-14(31-36-26)19(21(18)46-10(2)41)49-23-17(33-38-28)16(32-37-27)20(15(47-23)8-29-34-24)48-22(42)11-3-5-12(6-4-11)39(43)44/h3-6,13-21,23H,7-8H2,1-2H3/t13-,14+,15-,16-,17-,18+,19-,20+,21-,23-/m1/s1. The molecule has 2 fully saturated rings. The van der Waals surface area contributed by atoms with E-state index >= 15 is 0 Å². The fraction of sp³-hybridized carbons (Fsp3) is 0.609. The minimum Gasteiger partial charge on any atom is -0.458 e. The highest BCUT2D eigenvalue weighted by Crippen LogP contribution is 2.37. The zero-order valence-corrected chi connectivity index (χ0v) is 25.2. The van der Waals surface area contributed by atoms with E-state index in [1.807, 2.05) is 0 Å². The van der Waals surface area contributed by atoms with Crippen molar-refractivity contribution in [3.63, 3.8) is 0 Å². The van der Waals surface area contributed by atoms with E-state index in [1.54, 1.807) is 0 Å². The third-order valence-corrected chi connectivity index (χ3v) is 7.08. The first-order chi connectivity index (χ1) is 23.5. The minimum atomic E-state index is -1.81. The molecule has 1 saturated heterocycles. The van der Waals surface area contributed by atoms with Crippen LogP contribution >= 0.6 is 0 Å². The van der Waals surface area contributed by atoms with Gasteiger partial charge in [0.15, 0.2) is 12.4 Å². The zero-order chi connectivity index (χ0) is 36.1. The number of hydrogen-bond acceptors (Lipinski definition) is 15. The maximum atomic E-state index is 13.1. The van der Waals surface area contributed by atoms with Crippen LogP contribution in [0.4, 0.5) is 5.69 Å². The lowest BCUT2D eigenvalue weighted by Gasteiger charge is -2.47. The minimum absolute atomic E-state index is 0.179. The zero-order valence-electron chi connectivity index (χ0n) is 25.2. The highest BCUT2D eigenvalue weighted by Gasteiger charge is 2.54. The van der Waals surface area contributed by atoms with Gasteiger partial charge in [-0.3, -0.25) is 19.7 Å². The molecule has 0 radical (unpaired) electrons. The smallest absolute Gasteiger partial charge is 0.338 e. The van der Waals surface area contributed by atoms with E-state index in [9.17, 15) is 41.1 Å². The summed E-state index contributed by atoms with van der Waals surface area (Å²) in [7, 11) is 0. The number of nitro benzene ring substituents is 1. The third-order valence-electron chi connectivity index (χ3n) is 7.08. The molecular formula is C23H24N16O10. The molecule has 0 spiro atoms. The van der Waals surface area contributed by atoms with Crippen LogP contribution in [0.25, 0.3) is 52.2 Å². The topological polar surface area (TPSA) is 384 Å². The van der Waals surface area contributed by atoms with Gasteiger partial charge in [-0.25, -0.2) is 4.79 Å². The van der Waals surface area contributed by atoms with Crippen LogP contribution in [-0.2, 0) is 33.3 Å². The van der Waals surface area contributed by atoms with Crippen LogP contribution in [0.15, 0.2) is 49.8 Å². The lowest BCUT2D eigenvalue weighted by atomic mass is 9.83. The second-order valence-electron chi connectivity index (χ2n) is 10.1. The van der Waals surface area contributed by atoms with Crippen molar-refractivity contribution in [3.05, 3.63) is 92.2 Å². The summed E-state index contributed by atoms with van der Waals surface area (Å²) in [6.07, 6.45) is -9.96. The lowest BCUT2D eigenvalue weighted by Crippen LogP contribution is -2.63. The molecule has 1 aromatic carbocycles. The molecule has 1 aliphatic carbocycles. The molecule has 26 nitrogen and oxygen atoms in total. The fourth-order valence-corrected chi connectivity index (χ4v) is 5.20. The maximum absolute atomic E-state index is 13.1. The Bertz CT molecular complexity index is 1680. The number of hydrogen-bond donors (Lipinski definition) is 0. The molecule has 10 atom stereocenters. The van der Waals surface area contributed by atoms with Crippen molar-refractivity contribution in [2.45, 2.75) is 81.2 Å². The van der Waals surface area contributed by atoms with Crippen LogP contribution in [-0.4, -0.2) is 90.4 Å². The van der Waals surface area contributed by atoms with Crippen molar-refractivity contribution in [1.82, 2.24) is 0 Å². The maximum Gasteiger partial charge on any atom is 0.338 e. The van der Waals surface area contributed by atoms with Gasteiger partial charge in [0, 0.05) is 50.5 Å². The molecular weight excluding hydrogens is 660 g/mol. The highest BCUT2D eigenvalue weighted by molar-refractivity contribution is 5.89. The monoisotopic (exact) mass is 684 g/mol. The summed E-state index contributed by atoms with van der Waals surface area (Å²) in [4.78, 5) is 61.2. The first-order valence-corrected chi connectivity index (χ1v) is 13.8. The number of carbonyl (C=O) groups is 3. The molecule has 0 aromatic heterocycles. The number of esters is 3. The largest absolute Gasteiger partial charge is 0.458 e. The van der Waals surface area contributed by atoms with E-state index in [0.29, 0.717) is 0 Å². The van der Waals surface area contributed by atoms with Gasteiger partial charge in [0.1, 0.15) is 30.5 Å². The van der Waals surface area contributed by atoms with Crippen molar-refractivity contribution >= 4 is 23.6 Å². The lowest BCUT2D eigenvalue weighted by molar-refractivity contribution is -0.384. The molecule has 1 saturated carbocycles. The average Bonchev–Trinajstić information content (AvgIpc) is 3.05. The molecule has 49 heavy (non-hydrogen) atoms. The molecule has 0 N–H and O–H groups in total. The molecule has 1 aliphatic heterocycles. The fourth-order valence-electron chi connectivity index (χ4n) is 5.20. The van der Waals surface area contributed by atoms with Gasteiger partial charge in [0.25, 0.3) is 5.69 Å². The van der Waals surface area contributed by atoms with Gasteiger partial charge in [0.05, 0.1) is 35.2 Å². The van der Waals surface area contributed by atoms with E-state index in [-0.39, 0.29) is 17.7 Å². The predicted molar refractivity (Wildman–Crippen MR) is 157 cm³/mol. The number of rotatable bonds is 13. The average molecular weight is 685 g/mol. The van der Waals surface area contributed by atoms with Crippen molar-refractivity contribution in [3.8, 4) is 0 Å². The van der Waals surface area contributed by atoms with E-state index < -0.39 is 90.4 Å². The summed E-state index contributed by atoms with van der Waals surface area (Å²) < 4.78 is 28.3. The van der Waals surface area contributed by atoms with Gasteiger partial charge < -0.3 is 23.7 Å². The number of azide groups is 5. The Morgan fingerprint density at radius 2 is 1.35 bits per heavy atom. The van der Waals surface area contributed by atoms with Gasteiger partial charge >= 0.3 is 17.9 Å². The highest BCUT2D eigenvalue weighted by atomic mass is 16.7. The van der Waals surface area contributed by atoms with Crippen LogP contribution in [0.1, 0.15) is 30.6 Å². The summed E-state index contributed by atoms with van der Waals surface area (Å²) in [5, 5.41) is 28.9. The number of ether oxygens (including phenoxy) is 5. The Morgan fingerprint density at radius 1 is 0.796 bits per heavy atom. The first kappa shape index (κ1) is 37.0. The second kappa shape index (κ2) is 17.4. The van der Waals surface area contributed by atoms with Crippen LogP contribution in [0.3, 0.4) is 0 Å². The van der Waals surface area contributed by atoms with Crippen LogP contribution < -0.4 is 0 Å². The molecule has 0 unspecified atom stereocenters. The van der Waals surface area contributed by atoms with E-state index in [2.05, 4.69) is 50.1 Å². The molecule has 1 heterocycles. The molecule has 3 rings (SSSR count). The van der Waals surface area contributed by atoms with Gasteiger partial charge in [-0.05, 0) is 46.2 Å². The van der Waals surface area contributed by atoms with Gasteiger partial charge in [0.2, 0.25) is 0 Å². The van der Waals surface area contributed by atoms with Crippen LogP contribution in [0, 0.1) is 10.1 Å². The first-order valence-electron chi connectivity index (χ1n) is 13.8. The summed E-state index contributed by atoms with van der Waals surface area (Å²) in [5.74, 6) is -2.90. The molecule has 2 aliphatic rings. The summed E-state index contributed by atoms with van der Waals surface area (Å²) >= 11 is 0. The molecule has 1 aromatic rings. The molecule has 26 heteroatoms. The van der Waals surface area contributed by atoms with Gasteiger partial charge in [-0.15, -0.1) is 0 Å². The summed E-state index contributed by atoms with van der Waals surface area (Å²) in [5.41, 5.74) is 45.8. The van der Waals surface area contributed by atoms with Crippen LogP contribution in [0.5, 0.6) is 0 Å². The summed E-state index contributed by atoms with van der Waals surface area (Å²) in [6, 6.07) is -1.65. The number of carbonyl (C=O) groups excluding carboxylic acids is 3. The molecule has 256 valence electrons. The number of nitrogens with zero attached hydrogens (tertiary/aromatic N) is 16. The molecule has 0 amide bonds. The SMILES string of the molecule is CC(=O)O[C@@H]1[C@@H](OC(C)=O)[C@H](N=[N+]=[N-])C[C@H](N=[N+]=[N-])[C@H]1O[C@H]1O[C@H](CN=[N+]=[N-])[C@H](OC(=O)c2ccc([N+](=O)[O-])cc2)[C@H](N=[N+]=[N-])[C@H]1N=[N+]=[N-]. The second-order valence-corrected chi connectivity index (χ2v) is 10.1. The quantitative estimate of drug-likeness (QED) is 0.0531. The van der Waals surface area contributed by atoms with Crippen molar-refractivity contribution in [1.29, 1.82) is 0 Å². The van der Waals surface area contributed by atoms with Crippen molar-refractivity contribution < 1.29 is 43.0 Å². The predicted octanol–water partition coefficient (Wildman–Crippen LogP) is 4.52. The normalized spacial score (nSPS) is 28.6. The number of benzene rings is 1. The van der Waals surface area contributed by atoms with Crippen LogP contribution in [0.2, 0.25) is 0 Å². The number of nitro groups is 1. The number of non-ortho nitro benzene ring substituents is 1. The van der Waals surface area contributed by atoms with Crippen molar-refractivity contribution in [2.24, 2.45) is 25.6 Å². The Hall–Kier alpha value is -6.50. The third kappa shape index (κ3) is 9.29. The van der Waals surface area contributed by atoms with E-state index in [1.165, 1.54) is 0 Å². The van der Waals surface area contributed by atoms with E-state index in [4.69, 9.17) is 34.7 Å². The Balaban J connectivity index is 2.10. The van der Waals surface area contributed by atoms with Gasteiger partial charge in [-0.1, -0.05) is 25.6 Å².